The van der Waals surface area contributed by atoms with Crippen LogP contribution in [0.5, 0.6) is 17.2 Å². The first-order chi connectivity index (χ1) is 16.4. The maximum absolute atomic E-state index is 12.8. The molecule has 2 aromatic rings. The van der Waals surface area contributed by atoms with Gasteiger partial charge in [-0.3, -0.25) is 9.59 Å². The van der Waals surface area contributed by atoms with Gasteiger partial charge in [0.2, 0.25) is 5.91 Å². The highest BCUT2D eigenvalue weighted by Gasteiger charge is 2.35. The average Bonchev–Trinajstić information content (AvgIpc) is 3.06. The number of urea groups is 1. The number of ether oxygens (including phenoxy) is 3. The maximum Gasteiger partial charge on any atom is 0.329 e. The van der Waals surface area contributed by atoms with Crippen molar-refractivity contribution in [1.82, 2.24) is 10.2 Å². The van der Waals surface area contributed by atoms with Crippen molar-refractivity contribution in [2.75, 3.05) is 32.2 Å². The summed E-state index contributed by atoms with van der Waals surface area (Å²) in [5, 5.41) is 5.15. The molecule has 34 heavy (non-hydrogen) atoms. The lowest BCUT2D eigenvalue weighted by Crippen LogP contribution is -2.38. The van der Waals surface area contributed by atoms with E-state index in [0.29, 0.717) is 46.2 Å². The Bertz CT molecular complexity index is 1150. The number of carbonyl (C=O) groups excluding carboxylic acids is 3. The van der Waals surface area contributed by atoms with E-state index in [1.54, 1.807) is 42.5 Å². The fourth-order valence-corrected chi connectivity index (χ4v) is 3.75. The third-order valence-corrected chi connectivity index (χ3v) is 5.22. The summed E-state index contributed by atoms with van der Waals surface area (Å²) < 4.78 is 17.1. The van der Waals surface area contributed by atoms with Crippen LogP contribution in [0.4, 0.5) is 10.5 Å². The quantitative estimate of drug-likeness (QED) is 0.274. The van der Waals surface area contributed by atoms with Crippen molar-refractivity contribution in [3.05, 3.63) is 64.8 Å². The van der Waals surface area contributed by atoms with Crippen LogP contribution in [0.25, 0.3) is 6.08 Å². The van der Waals surface area contributed by atoms with Gasteiger partial charge in [0.05, 0.1) is 23.9 Å². The Morgan fingerprint density at radius 1 is 1.21 bits per heavy atom. The van der Waals surface area contributed by atoms with Crippen molar-refractivity contribution in [3.63, 3.8) is 0 Å². The van der Waals surface area contributed by atoms with E-state index in [-0.39, 0.29) is 5.70 Å². The standard InChI is InChI=1S/C24H24BrN3O6/c1-4-10-34-22-16(25)11-15(13-20(22)33-5-2)12-18-23(30)28(24(31)27-18)14-21(29)26-17-8-6-7-9-19(17)32-3/h4,6-9,11-13H,1,5,10,14H2,2-3H3,(H,26,29)(H,27,31)/b18-12+. The smallest absolute Gasteiger partial charge is 0.329 e. The maximum atomic E-state index is 12.8. The zero-order chi connectivity index (χ0) is 24.7. The molecule has 0 saturated carbocycles. The van der Waals surface area contributed by atoms with Crippen molar-refractivity contribution < 1.29 is 28.6 Å². The SMILES string of the molecule is C=CCOc1c(Br)cc(/C=C2/NC(=O)N(CC(=O)Nc3ccccc3OC)C2=O)cc1OCC. The number of rotatable bonds is 10. The van der Waals surface area contributed by atoms with E-state index in [2.05, 4.69) is 33.1 Å². The molecule has 2 aromatic carbocycles. The van der Waals surface area contributed by atoms with Gasteiger partial charge in [0.15, 0.2) is 11.5 Å². The molecule has 0 aromatic heterocycles. The number of para-hydroxylation sites is 2. The summed E-state index contributed by atoms with van der Waals surface area (Å²) in [6, 6.07) is 9.56. The zero-order valence-corrected chi connectivity index (χ0v) is 20.3. The predicted molar refractivity (Wildman–Crippen MR) is 131 cm³/mol. The summed E-state index contributed by atoms with van der Waals surface area (Å²) in [5.41, 5.74) is 1.05. The average molecular weight is 530 g/mol. The second-order valence-electron chi connectivity index (χ2n) is 6.99. The van der Waals surface area contributed by atoms with Crippen LogP contribution < -0.4 is 24.8 Å². The number of hydrogen-bond acceptors (Lipinski definition) is 6. The van der Waals surface area contributed by atoms with E-state index in [4.69, 9.17) is 14.2 Å². The van der Waals surface area contributed by atoms with Gasteiger partial charge >= 0.3 is 6.03 Å². The van der Waals surface area contributed by atoms with Crippen LogP contribution in [0.1, 0.15) is 12.5 Å². The van der Waals surface area contributed by atoms with E-state index < -0.39 is 24.4 Å². The molecule has 0 spiro atoms. The van der Waals surface area contributed by atoms with Crippen LogP contribution in [0, 0.1) is 0 Å². The summed E-state index contributed by atoms with van der Waals surface area (Å²) >= 11 is 3.45. The first kappa shape index (κ1) is 24.8. The molecule has 0 aliphatic carbocycles. The van der Waals surface area contributed by atoms with Crippen LogP contribution in [0.3, 0.4) is 0 Å². The number of methoxy groups -OCH3 is 1. The minimum atomic E-state index is -0.693. The molecule has 0 radical (unpaired) electrons. The Kier molecular flexibility index (Phi) is 8.31. The molecule has 10 heteroatoms. The third kappa shape index (κ3) is 5.76. The van der Waals surface area contributed by atoms with Gasteiger partial charge < -0.3 is 24.8 Å². The molecular formula is C24H24BrN3O6. The van der Waals surface area contributed by atoms with Gasteiger partial charge in [-0.25, -0.2) is 9.69 Å². The normalized spacial score (nSPS) is 14.1. The summed E-state index contributed by atoms with van der Waals surface area (Å²) in [6.07, 6.45) is 3.12. The Morgan fingerprint density at radius 3 is 2.68 bits per heavy atom. The molecule has 3 rings (SSSR count). The monoisotopic (exact) mass is 529 g/mol. The van der Waals surface area contributed by atoms with Gasteiger partial charge in [-0.1, -0.05) is 24.8 Å². The first-order valence-corrected chi connectivity index (χ1v) is 11.1. The fraction of sp³-hybridized carbons (Fsp3) is 0.208. The summed E-state index contributed by atoms with van der Waals surface area (Å²) in [7, 11) is 1.48. The van der Waals surface area contributed by atoms with Gasteiger partial charge in [0.1, 0.15) is 24.6 Å². The minimum absolute atomic E-state index is 0.0317. The molecule has 4 amide bonds. The summed E-state index contributed by atoms with van der Waals surface area (Å²) in [4.78, 5) is 38.5. The highest BCUT2D eigenvalue weighted by Crippen LogP contribution is 2.37. The largest absolute Gasteiger partial charge is 0.495 e. The minimum Gasteiger partial charge on any atom is -0.495 e. The van der Waals surface area contributed by atoms with E-state index in [1.165, 1.54) is 13.2 Å². The summed E-state index contributed by atoms with van der Waals surface area (Å²) in [5.74, 6) is 0.265. The van der Waals surface area contributed by atoms with Gasteiger partial charge in [0.25, 0.3) is 5.91 Å². The molecule has 2 N–H and O–H groups in total. The molecule has 1 saturated heterocycles. The lowest BCUT2D eigenvalue weighted by Gasteiger charge is -2.14. The number of nitrogens with zero attached hydrogens (tertiary/aromatic N) is 1. The van der Waals surface area contributed by atoms with Crippen molar-refractivity contribution in [3.8, 4) is 17.2 Å². The van der Waals surface area contributed by atoms with Crippen LogP contribution in [-0.4, -0.2) is 49.6 Å². The number of nitrogens with one attached hydrogen (secondary N) is 2. The Balaban J connectivity index is 1.77. The molecule has 1 aliphatic rings. The number of anilines is 1. The van der Waals surface area contributed by atoms with Gasteiger partial charge in [0, 0.05) is 0 Å². The zero-order valence-electron chi connectivity index (χ0n) is 18.7. The Labute approximate surface area is 205 Å². The lowest BCUT2D eigenvalue weighted by atomic mass is 10.1. The number of carbonyl (C=O) groups is 3. The van der Waals surface area contributed by atoms with E-state index in [1.807, 2.05) is 6.92 Å². The van der Waals surface area contributed by atoms with Crippen molar-refractivity contribution >= 4 is 45.5 Å². The third-order valence-electron chi connectivity index (χ3n) is 4.63. The first-order valence-electron chi connectivity index (χ1n) is 10.3. The molecule has 1 aliphatic heterocycles. The molecule has 1 heterocycles. The summed E-state index contributed by atoms with van der Waals surface area (Å²) in [6.45, 7) is 5.71. The topological polar surface area (TPSA) is 106 Å². The second kappa shape index (κ2) is 11.4. The number of amides is 4. The van der Waals surface area contributed by atoms with Crippen LogP contribution >= 0.6 is 15.9 Å². The highest BCUT2D eigenvalue weighted by molar-refractivity contribution is 9.10. The molecule has 0 atom stereocenters. The Morgan fingerprint density at radius 2 is 1.97 bits per heavy atom. The molecule has 178 valence electrons. The predicted octanol–water partition coefficient (Wildman–Crippen LogP) is 3.95. The second-order valence-corrected chi connectivity index (χ2v) is 7.84. The van der Waals surface area contributed by atoms with Crippen molar-refractivity contribution in [1.29, 1.82) is 0 Å². The number of hydrogen-bond donors (Lipinski definition) is 2. The van der Waals surface area contributed by atoms with E-state index in [9.17, 15) is 14.4 Å². The number of halogens is 1. The van der Waals surface area contributed by atoms with Crippen LogP contribution in [0.2, 0.25) is 0 Å². The molecule has 9 nitrogen and oxygen atoms in total. The highest BCUT2D eigenvalue weighted by atomic mass is 79.9. The van der Waals surface area contributed by atoms with Crippen molar-refractivity contribution in [2.24, 2.45) is 0 Å². The van der Waals surface area contributed by atoms with Crippen molar-refractivity contribution in [2.45, 2.75) is 6.92 Å². The van der Waals surface area contributed by atoms with E-state index >= 15 is 0 Å². The van der Waals surface area contributed by atoms with Crippen LogP contribution in [0.15, 0.2) is 59.2 Å². The lowest BCUT2D eigenvalue weighted by molar-refractivity contribution is -0.127. The van der Waals surface area contributed by atoms with Gasteiger partial charge in [-0.2, -0.15) is 0 Å². The van der Waals surface area contributed by atoms with Gasteiger partial charge in [-0.15, -0.1) is 0 Å². The van der Waals surface area contributed by atoms with Gasteiger partial charge in [-0.05, 0) is 58.8 Å². The number of benzene rings is 2. The number of imide groups is 1. The molecule has 0 unspecified atom stereocenters. The van der Waals surface area contributed by atoms with Crippen LogP contribution in [-0.2, 0) is 9.59 Å². The van der Waals surface area contributed by atoms with E-state index in [0.717, 1.165) is 4.90 Å². The molecule has 0 bridgehead atoms. The Hall–Kier alpha value is -3.79. The molecular weight excluding hydrogens is 506 g/mol. The molecule has 1 fully saturated rings. The fourth-order valence-electron chi connectivity index (χ4n) is 3.18.